The molecule has 2 aliphatic heterocycles. The van der Waals surface area contributed by atoms with Crippen molar-refractivity contribution in [3.05, 3.63) is 54.2 Å². The van der Waals surface area contributed by atoms with Gasteiger partial charge in [-0.05, 0) is 38.1 Å². The topological polar surface area (TPSA) is 104 Å². The number of piperazine rings is 1. The van der Waals surface area contributed by atoms with E-state index in [-0.39, 0.29) is 0 Å². The van der Waals surface area contributed by atoms with Gasteiger partial charge in [-0.25, -0.2) is 0 Å². The van der Waals surface area contributed by atoms with Crippen LogP contribution in [0.2, 0.25) is 0 Å². The monoisotopic (exact) mass is 509 g/mol. The zero-order chi connectivity index (χ0) is 26.4. The van der Waals surface area contributed by atoms with Crippen LogP contribution >= 0.6 is 0 Å². The fourth-order valence-electron chi connectivity index (χ4n) is 4.61. The molecule has 0 spiro atoms. The summed E-state index contributed by atoms with van der Waals surface area (Å²) in [6.45, 7) is 8.23. The van der Waals surface area contributed by atoms with Crippen molar-refractivity contribution in [3.63, 3.8) is 0 Å². The number of carbonyl (C=O) groups excluding carboxylic acids is 2. The highest BCUT2D eigenvalue weighted by Gasteiger charge is 2.29. The summed E-state index contributed by atoms with van der Waals surface area (Å²) in [6.07, 6.45) is 1.75. The van der Waals surface area contributed by atoms with Crippen LogP contribution in [0.25, 0.3) is 5.76 Å². The third-order valence-electron chi connectivity index (χ3n) is 6.34. The van der Waals surface area contributed by atoms with Crippen molar-refractivity contribution in [3.8, 4) is 11.5 Å². The molecule has 1 fully saturated rings. The van der Waals surface area contributed by atoms with Gasteiger partial charge in [-0.3, -0.25) is 14.5 Å². The number of ether oxygens (including phenoxy) is 3. The number of methoxy groups -OCH3 is 2. The lowest BCUT2D eigenvalue weighted by Crippen LogP contribution is -2.57. The lowest BCUT2D eigenvalue weighted by molar-refractivity contribution is -0.137. The van der Waals surface area contributed by atoms with Gasteiger partial charge < -0.3 is 35.1 Å². The summed E-state index contributed by atoms with van der Waals surface area (Å²) in [4.78, 5) is 30.0. The molecule has 1 saturated heterocycles. The van der Waals surface area contributed by atoms with Crippen LogP contribution in [-0.4, -0.2) is 75.9 Å². The Kier molecular flexibility index (Phi) is 8.08. The van der Waals surface area contributed by atoms with E-state index in [1.54, 1.807) is 38.6 Å². The number of anilines is 2. The second-order valence-corrected chi connectivity index (χ2v) is 9.64. The molecule has 2 aromatic rings. The van der Waals surface area contributed by atoms with Gasteiger partial charge in [-0.1, -0.05) is 12.1 Å². The van der Waals surface area contributed by atoms with E-state index in [0.717, 1.165) is 43.2 Å². The Bertz CT molecular complexity index is 1160. The number of rotatable bonds is 8. The number of hydrogen-bond donors (Lipinski definition) is 3. The molecular formula is C27H35N5O5. The van der Waals surface area contributed by atoms with Gasteiger partial charge in [0, 0.05) is 56.2 Å². The molecule has 0 radical (unpaired) electrons. The van der Waals surface area contributed by atoms with Gasteiger partial charge in [0.25, 0.3) is 0 Å². The molecule has 0 bridgehead atoms. The average molecular weight is 510 g/mol. The van der Waals surface area contributed by atoms with Crippen molar-refractivity contribution >= 4 is 28.9 Å². The molecule has 0 unspecified atom stereocenters. The van der Waals surface area contributed by atoms with Crippen LogP contribution < -0.4 is 30.3 Å². The fourth-order valence-corrected chi connectivity index (χ4v) is 4.61. The van der Waals surface area contributed by atoms with E-state index in [4.69, 9.17) is 14.2 Å². The van der Waals surface area contributed by atoms with Gasteiger partial charge in [0.2, 0.25) is 0 Å². The van der Waals surface area contributed by atoms with Crippen molar-refractivity contribution in [2.24, 2.45) is 0 Å². The van der Waals surface area contributed by atoms with Crippen molar-refractivity contribution in [1.82, 2.24) is 15.5 Å². The molecule has 2 heterocycles. The van der Waals surface area contributed by atoms with Gasteiger partial charge in [-0.15, -0.1) is 0 Å². The van der Waals surface area contributed by atoms with Gasteiger partial charge in [0.15, 0.2) is 6.73 Å². The highest BCUT2D eigenvalue weighted by molar-refractivity contribution is 6.39. The van der Waals surface area contributed by atoms with E-state index in [1.807, 2.05) is 32.0 Å². The molecule has 2 aliphatic rings. The Hall–Kier alpha value is -3.92. The largest absolute Gasteiger partial charge is 0.496 e. The lowest BCUT2D eigenvalue weighted by Gasteiger charge is -2.40. The Morgan fingerprint density at radius 1 is 1.00 bits per heavy atom. The first kappa shape index (κ1) is 26.2. The minimum absolute atomic E-state index is 0.393. The molecule has 0 aliphatic carbocycles. The van der Waals surface area contributed by atoms with Crippen LogP contribution in [-0.2, 0) is 14.3 Å². The summed E-state index contributed by atoms with van der Waals surface area (Å²) in [5, 5.41) is 8.51. The van der Waals surface area contributed by atoms with E-state index in [1.165, 1.54) is 0 Å². The molecule has 0 saturated carbocycles. The van der Waals surface area contributed by atoms with Crippen LogP contribution in [0.5, 0.6) is 11.5 Å². The molecule has 198 valence electrons. The van der Waals surface area contributed by atoms with Crippen LogP contribution in [0.1, 0.15) is 19.4 Å². The first-order chi connectivity index (χ1) is 17.8. The second-order valence-electron chi connectivity index (χ2n) is 9.64. The maximum Gasteiger partial charge on any atom is 0.313 e. The molecule has 0 aromatic heterocycles. The van der Waals surface area contributed by atoms with Crippen molar-refractivity contribution in [2.45, 2.75) is 19.4 Å². The SMILES string of the molecule is COc1cc(NC(=O)C(=O)NC(C)(C)CN2CCN(c3ccccc3OC)CC2)ccc1C1=CNCO1. The number of para-hydroxylation sites is 2. The Morgan fingerprint density at radius 3 is 2.41 bits per heavy atom. The highest BCUT2D eigenvalue weighted by Crippen LogP contribution is 2.31. The van der Waals surface area contributed by atoms with E-state index >= 15 is 0 Å². The van der Waals surface area contributed by atoms with Crippen LogP contribution in [0.15, 0.2) is 48.7 Å². The molecule has 2 amide bonds. The summed E-state index contributed by atoms with van der Waals surface area (Å²) in [7, 11) is 3.22. The van der Waals surface area contributed by atoms with E-state index in [2.05, 4.69) is 31.8 Å². The molecule has 37 heavy (non-hydrogen) atoms. The van der Waals surface area contributed by atoms with Crippen molar-refractivity contribution in [2.75, 3.05) is 63.9 Å². The second kappa shape index (κ2) is 11.4. The number of nitrogens with one attached hydrogen (secondary N) is 3. The minimum Gasteiger partial charge on any atom is -0.496 e. The average Bonchev–Trinajstić information content (AvgIpc) is 3.43. The Balaban J connectivity index is 1.29. The van der Waals surface area contributed by atoms with Crippen molar-refractivity contribution < 1.29 is 23.8 Å². The van der Waals surface area contributed by atoms with E-state index in [9.17, 15) is 9.59 Å². The molecule has 3 N–H and O–H groups in total. The summed E-state index contributed by atoms with van der Waals surface area (Å²) in [6, 6.07) is 13.2. The number of benzene rings is 2. The maximum atomic E-state index is 12.7. The zero-order valence-corrected chi connectivity index (χ0v) is 21.8. The standard InChI is InChI=1S/C27H35N5O5/c1-27(2,17-31-11-13-32(14-12-31)21-7-5-6-8-22(21)35-3)30-26(34)25(33)29-19-9-10-20(23(15-19)36-4)24-16-28-18-37-24/h5-10,15-16,28H,11-14,17-18H2,1-4H3,(H,29,33)(H,30,34). The van der Waals surface area contributed by atoms with Crippen molar-refractivity contribution in [1.29, 1.82) is 0 Å². The first-order valence-electron chi connectivity index (χ1n) is 12.3. The van der Waals surface area contributed by atoms with Gasteiger partial charge >= 0.3 is 11.8 Å². The predicted molar refractivity (Wildman–Crippen MR) is 143 cm³/mol. The molecular weight excluding hydrogens is 474 g/mol. The summed E-state index contributed by atoms with van der Waals surface area (Å²) in [5.41, 5.74) is 1.70. The first-order valence-corrected chi connectivity index (χ1v) is 12.3. The quantitative estimate of drug-likeness (QED) is 0.466. The predicted octanol–water partition coefficient (Wildman–Crippen LogP) is 2.24. The lowest BCUT2D eigenvalue weighted by atomic mass is 10.0. The zero-order valence-electron chi connectivity index (χ0n) is 21.8. The smallest absolute Gasteiger partial charge is 0.313 e. The van der Waals surface area contributed by atoms with Gasteiger partial charge in [0.05, 0.1) is 25.5 Å². The van der Waals surface area contributed by atoms with Crippen LogP contribution in [0.3, 0.4) is 0 Å². The number of amides is 2. The highest BCUT2D eigenvalue weighted by atomic mass is 16.5. The molecule has 2 aromatic carbocycles. The number of nitrogens with zero attached hydrogens (tertiary/aromatic N) is 2. The molecule has 0 atom stereocenters. The Labute approximate surface area is 217 Å². The number of hydrogen-bond acceptors (Lipinski definition) is 8. The number of carbonyl (C=O) groups is 2. The molecule has 4 rings (SSSR count). The van der Waals surface area contributed by atoms with Crippen LogP contribution in [0.4, 0.5) is 11.4 Å². The molecule has 10 nitrogen and oxygen atoms in total. The third kappa shape index (κ3) is 6.45. The van der Waals surface area contributed by atoms with Crippen LogP contribution in [0, 0.1) is 0 Å². The van der Waals surface area contributed by atoms with E-state index in [0.29, 0.717) is 30.5 Å². The maximum absolute atomic E-state index is 12.7. The summed E-state index contributed by atoms with van der Waals surface area (Å²) < 4.78 is 16.4. The normalized spacial score (nSPS) is 15.8. The minimum atomic E-state index is -0.734. The van der Waals surface area contributed by atoms with Gasteiger partial charge in [-0.2, -0.15) is 0 Å². The van der Waals surface area contributed by atoms with E-state index < -0.39 is 17.4 Å². The summed E-state index contributed by atoms with van der Waals surface area (Å²) >= 11 is 0. The summed E-state index contributed by atoms with van der Waals surface area (Å²) in [5.74, 6) is 0.620. The fraction of sp³-hybridized carbons (Fsp3) is 0.407. The molecule has 10 heteroatoms. The van der Waals surface area contributed by atoms with Gasteiger partial charge in [0.1, 0.15) is 17.3 Å². The third-order valence-corrected chi connectivity index (χ3v) is 6.34. The Morgan fingerprint density at radius 2 is 1.73 bits per heavy atom.